The summed E-state index contributed by atoms with van der Waals surface area (Å²) in [4.78, 5) is 4.19. The van der Waals surface area contributed by atoms with Gasteiger partial charge in [0.05, 0.1) is 5.69 Å². The van der Waals surface area contributed by atoms with Crippen molar-refractivity contribution in [1.29, 1.82) is 0 Å². The molecule has 0 fully saturated rings. The zero-order valence-corrected chi connectivity index (χ0v) is 11.5. The van der Waals surface area contributed by atoms with Crippen molar-refractivity contribution in [3.05, 3.63) is 42.5 Å². The van der Waals surface area contributed by atoms with Crippen LogP contribution < -0.4 is 5.44 Å². The molecule has 0 saturated heterocycles. The van der Waals surface area contributed by atoms with Crippen LogP contribution in [0.3, 0.4) is 0 Å². The largest absolute Gasteiger partial charge is 0.505 e. The van der Waals surface area contributed by atoms with Gasteiger partial charge in [0.15, 0.2) is 5.44 Å². The molecule has 100 valence electrons. The number of aromatic hydroxyl groups is 1. The number of nitrogens with zero attached hydrogens (tertiary/aromatic N) is 1. The second-order valence-electron chi connectivity index (χ2n) is 3.77. The van der Waals surface area contributed by atoms with Gasteiger partial charge in [-0.2, -0.15) is 0 Å². The molecule has 0 amide bonds. The Bertz CT molecular complexity index is 607. The van der Waals surface area contributed by atoms with E-state index in [2.05, 4.69) is 4.98 Å². The highest BCUT2D eigenvalue weighted by molar-refractivity contribution is 7.62. The molecular weight excluding hydrogens is 265 g/mol. The fourth-order valence-corrected chi connectivity index (χ4v) is 2.74. The Hall–Kier alpha value is -1.68. The molecule has 1 aromatic carbocycles. The van der Waals surface area contributed by atoms with Gasteiger partial charge in [0.2, 0.25) is 0 Å². The molecule has 5 nitrogen and oxygen atoms in total. The third kappa shape index (κ3) is 2.68. The number of hydrogen-bond donors (Lipinski definition) is 1. The second kappa shape index (κ2) is 5.53. The van der Waals surface area contributed by atoms with Crippen molar-refractivity contribution >= 4 is 13.0 Å². The summed E-state index contributed by atoms with van der Waals surface area (Å²) >= 11 is 0. The first kappa shape index (κ1) is 13.7. The standard InChI is InChI=1S/C13H14NO4P/c1-17-19(16,18-2)13-12(15)9-8-11(14-13)10-6-4-3-5-7-10/h3-9,15H,1-2H3. The Morgan fingerprint density at radius 1 is 1.05 bits per heavy atom. The highest BCUT2D eigenvalue weighted by Crippen LogP contribution is 2.47. The first-order valence-corrected chi connectivity index (χ1v) is 7.12. The van der Waals surface area contributed by atoms with Crippen molar-refractivity contribution in [2.24, 2.45) is 0 Å². The van der Waals surface area contributed by atoms with Crippen molar-refractivity contribution < 1.29 is 18.7 Å². The van der Waals surface area contributed by atoms with Gasteiger partial charge in [0, 0.05) is 19.8 Å². The van der Waals surface area contributed by atoms with Gasteiger partial charge < -0.3 is 14.2 Å². The molecule has 19 heavy (non-hydrogen) atoms. The third-order valence-corrected chi connectivity index (χ3v) is 4.47. The van der Waals surface area contributed by atoms with Gasteiger partial charge in [0.1, 0.15) is 5.75 Å². The van der Waals surface area contributed by atoms with E-state index in [1.54, 1.807) is 6.07 Å². The molecule has 0 spiro atoms. The van der Waals surface area contributed by atoms with Crippen molar-refractivity contribution in [3.63, 3.8) is 0 Å². The molecule has 2 aromatic rings. The molecule has 0 aliphatic heterocycles. The summed E-state index contributed by atoms with van der Waals surface area (Å²) in [7, 11) is -1.08. The van der Waals surface area contributed by atoms with Crippen molar-refractivity contribution in [1.82, 2.24) is 4.98 Å². The number of aromatic nitrogens is 1. The maximum Gasteiger partial charge on any atom is 0.382 e. The van der Waals surface area contributed by atoms with Crippen LogP contribution in [0.1, 0.15) is 0 Å². The summed E-state index contributed by atoms with van der Waals surface area (Å²) in [5, 5.41) is 9.78. The molecule has 6 heteroatoms. The molecule has 1 aromatic heterocycles. The van der Waals surface area contributed by atoms with E-state index in [4.69, 9.17) is 9.05 Å². The van der Waals surface area contributed by atoms with Crippen molar-refractivity contribution in [3.8, 4) is 17.0 Å². The van der Waals surface area contributed by atoms with Crippen LogP contribution in [0.4, 0.5) is 0 Å². The Kier molecular flexibility index (Phi) is 4.00. The van der Waals surface area contributed by atoms with Crippen LogP contribution in [-0.4, -0.2) is 24.3 Å². The first-order valence-electron chi connectivity index (χ1n) is 5.58. The minimum absolute atomic E-state index is 0.0844. The average Bonchev–Trinajstić information content (AvgIpc) is 2.48. The van der Waals surface area contributed by atoms with Crippen LogP contribution in [-0.2, 0) is 13.6 Å². The molecule has 0 aliphatic rings. The van der Waals surface area contributed by atoms with E-state index < -0.39 is 7.60 Å². The lowest BCUT2D eigenvalue weighted by Crippen LogP contribution is -2.13. The maximum absolute atomic E-state index is 12.3. The summed E-state index contributed by atoms with van der Waals surface area (Å²) in [5.74, 6) is -0.216. The van der Waals surface area contributed by atoms with E-state index in [-0.39, 0.29) is 11.2 Å². The van der Waals surface area contributed by atoms with Gasteiger partial charge in [-0.3, -0.25) is 4.57 Å². The smallest absolute Gasteiger partial charge is 0.382 e. The van der Waals surface area contributed by atoms with Crippen LogP contribution in [0.2, 0.25) is 0 Å². The highest BCUT2D eigenvalue weighted by Gasteiger charge is 2.30. The summed E-state index contributed by atoms with van der Waals surface area (Å²) in [6, 6.07) is 12.4. The summed E-state index contributed by atoms with van der Waals surface area (Å²) in [5.41, 5.74) is 1.35. The van der Waals surface area contributed by atoms with E-state index in [0.717, 1.165) is 5.56 Å². The second-order valence-corrected chi connectivity index (χ2v) is 5.92. The van der Waals surface area contributed by atoms with Gasteiger partial charge in [-0.05, 0) is 12.1 Å². The number of benzene rings is 1. The van der Waals surface area contributed by atoms with E-state index in [9.17, 15) is 9.67 Å². The van der Waals surface area contributed by atoms with E-state index in [1.807, 2.05) is 30.3 Å². The van der Waals surface area contributed by atoms with Gasteiger partial charge in [-0.25, -0.2) is 4.98 Å². The summed E-state index contributed by atoms with van der Waals surface area (Å²) < 4.78 is 22.0. The van der Waals surface area contributed by atoms with Crippen LogP contribution in [0.5, 0.6) is 5.75 Å². The van der Waals surface area contributed by atoms with Crippen molar-refractivity contribution in [2.45, 2.75) is 0 Å². The Balaban J connectivity index is 2.55. The van der Waals surface area contributed by atoms with Gasteiger partial charge >= 0.3 is 7.60 Å². The van der Waals surface area contributed by atoms with E-state index in [1.165, 1.54) is 20.3 Å². The molecule has 0 saturated carbocycles. The van der Waals surface area contributed by atoms with Crippen LogP contribution in [0.15, 0.2) is 42.5 Å². The van der Waals surface area contributed by atoms with Crippen LogP contribution in [0.25, 0.3) is 11.3 Å². The lowest BCUT2D eigenvalue weighted by molar-refractivity contribution is 0.285. The van der Waals surface area contributed by atoms with Gasteiger partial charge in [-0.1, -0.05) is 30.3 Å². The lowest BCUT2D eigenvalue weighted by atomic mass is 10.1. The monoisotopic (exact) mass is 279 g/mol. The molecular formula is C13H14NO4P. The Morgan fingerprint density at radius 3 is 2.26 bits per heavy atom. The van der Waals surface area contributed by atoms with E-state index >= 15 is 0 Å². The Morgan fingerprint density at radius 2 is 1.68 bits per heavy atom. The molecule has 0 bridgehead atoms. The molecule has 0 aliphatic carbocycles. The SMILES string of the molecule is COP(=O)(OC)c1nc(-c2ccccc2)ccc1O. The topological polar surface area (TPSA) is 68.7 Å². The zero-order chi connectivity index (χ0) is 13.9. The molecule has 0 unspecified atom stereocenters. The van der Waals surface area contributed by atoms with Crippen LogP contribution >= 0.6 is 7.60 Å². The fraction of sp³-hybridized carbons (Fsp3) is 0.154. The van der Waals surface area contributed by atoms with Crippen molar-refractivity contribution in [2.75, 3.05) is 14.2 Å². The fourth-order valence-electron chi connectivity index (χ4n) is 1.66. The summed E-state index contributed by atoms with van der Waals surface area (Å²) in [6.45, 7) is 0. The third-order valence-electron chi connectivity index (χ3n) is 2.66. The minimum Gasteiger partial charge on any atom is -0.505 e. The summed E-state index contributed by atoms with van der Waals surface area (Å²) in [6.07, 6.45) is 0. The number of hydrogen-bond acceptors (Lipinski definition) is 5. The molecule has 0 radical (unpaired) electrons. The maximum atomic E-state index is 12.3. The highest BCUT2D eigenvalue weighted by atomic mass is 31.2. The van der Waals surface area contributed by atoms with E-state index in [0.29, 0.717) is 5.69 Å². The lowest BCUT2D eigenvalue weighted by Gasteiger charge is -2.14. The molecule has 1 N–H and O–H groups in total. The average molecular weight is 279 g/mol. The first-order chi connectivity index (χ1) is 9.10. The zero-order valence-electron chi connectivity index (χ0n) is 10.6. The quantitative estimate of drug-likeness (QED) is 0.871. The van der Waals surface area contributed by atoms with Gasteiger partial charge in [0.25, 0.3) is 0 Å². The molecule has 1 heterocycles. The number of pyridine rings is 1. The minimum atomic E-state index is -3.58. The Labute approximate surface area is 111 Å². The van der Waals surface area contributed by atoms with Crippen LogP contribution in [0, 0.1) is 0 Å². The molecule has 0 atom stereocenters. The predicted molar refractivity (Wildman–Crippen MR) is 72.6 cm³/mol. The normalized spacial score (nSPS) is 11.5. The molecule has 2 rings (SSSR count). The van der Waals surface area contributed by atoms with Gasteiger partial charge in [-0.15, -0.1) is 0 Å². The number of rotatable bonds is 4. The predicted octanol–water partition coefficient (Wildman–Crippen LogP) is 2.57.